The van der Waals surface area contributed by atoms with Gasteiger partial charge < -0.3 is 10.6 Å². The summed E-state index contributed by atoms with van der Waals surface area (Å²) in [5.41, 5.74) is 0.641. The lowest BCUT2D eigenvalue weighted by Crippen LogP contribution is -2.38. The van der Waals surface area contributed by atoms with E-state index in [0.29, 0.717) is 11.7 Å². The van der Waals surface area contributed by atoms with Gasteiger partial charge in [0.2, 0.25) is 0 Å². The standard InChI is InChI=1S/C11H14F2N2/c12-10-4-3-8(6-11(10)13)15-9-2-1-5-14-7-9/h3-4,6,9,14-15H,1-2,5,7H2. The second kappa shape index (κ2) is 4.57. The van der Waals surface area contributed by atoms with Gasteiger partial charge in [0.1, 0.15) is 0 Å². The van der Waals surface area contributed by atoms with Gasteiger partial charge in [-0.15, -0.1) is 0 Å². The molecule has 1 atom stereocenters. The number of hydrogen-bond donors (Lipinski definition) is 2. The van der Waals surface area contributed by atoms with Crippen LogP contribution in [0.15, 0.2) is 18.2 Å². The van der Waals surface area contributed by atoms with Crippen LogP contribution in [-0.2, 0) is 0 Å². The summed E-state index contributed by atoms with van der Waals surface area (Å²) in [7, 11) is 0. The first-order valence-corrected chi connectivity index (χ1v) is 5.18. The van der Waals surface area contributed by atoms with E-state index in [4.69, 9.17) is 0 Å². The monoisotopic (exact) mass is 212 g/mol. The molecule has 1 aliphatic rings. The minimum Gasteiger partial charge on any atom is -0.381 e. The van der Waals surface area contributed by atoms with Crippen LogP contribution in [0.25, 0.3) is 0 Å². The van der Waals surface area contributed by atoms with E-state index in [0.717, 1.165) is 32.0 Å². The lowest BCUT2D eigenvalue weighted by molar-refractivity contribution is 0.478. The van der Waals surface area contributed by atoms with Crippen molar-refractivity contribution in [2.75, 3.05) is 18.4 Å². The van der Waals surface area contributed by atoms with Crippen molar-refractivity contribution >= 4 is 5.69 Å². The molecule has 0 amide bonds. The Morgan fingerprint density at radius 3 is 2.80 bits per heavy atom. The molecule has 1 unspecified atom stereocenters. The molecule has 82 valence electrons. The fourth-order valence-corrected chi connectivity index (χ4v) is 1.80. The number of rotatable bonds is 2. The second-order valence-electron chi connectivity index (χ2n) is 3.82. The van der Waals surface area contributed by atoms with Gasteiger partial charge in [0.05, 0.1) is 0 Å². The van der Waals surface area contributed by atoms with Crippen LogP contribution in [0.2, 0.25) is 0 Å². The highest BCUT2D eigenvalue weighted by atomic mass is 19.2. The minimum atomic E-state index is -0.803. The van der Waals surface area contributed by atoms with Crippen LogP contribution in [0.5, 0.6) is 0 Å². The van der Waals surface area contributed by atoms with Gasteiger partial charge in [0, 0.05) is 24.3 Å². The zero-order chi connectivity index (χ0) is 10.7. The van der Waals surface area contributed by atoms with E-state index in [1.54, 1.807) is 6.07 Å². The fourth-order valence-electron chi connectivity index (χ4n) is 1.80. The van der Waals surface area contributed by atoms with Crippen LogP contribution in [0.3, 0.4) is 0 Å². The molecule has 15 heavy (non-hydrogen) atoms. The zero-order valence-electron chi connectivity index (χ0n) is 8.39. The molecule has 2 N–H and O–H groups in total. The molecule has 1 heterocycles. The predicted octanol–water partition coefficient (Wildman–Crippen LogP) is 2.13. The number of hydrogen-bond acceptors (Lipinski definition) is 2. The van der Waals surface area contributed by atoms with Crippen molar-refractivity contribution in [1.29, 1.82) is 0 Å². The summed E-state index contributed by atoms with van der Waals surface area (Å²) in [6, 6.07) is 4.22. The molecular weight excluding hydrogens is 198 g/mol. The van der Waals surface area contributed by atoms with Crippen LogP contribution < -0.4 is 10.6 Å². The number of benzene rings is 1. The summed E-state index contributed by atoms with van der Waals surface area (Å²) in [5, 5.41) is 6.43. The van der Waals surface area contributed by atoms with E-state index < -0.39 is 11.6 Å². The molecule has 0 aliphatic carbocycles. The third kappa shape index (κ3) is 2.65. The molecule has 1 aromatic rings. The van der Waals surface area contributed by atoms with Gasteiger partial charge in [-0.1, -0.05) is 0 Å². The van der Waals surface area contributed by atoms with Gasteiger partial charge in [-0.25, -0.2) is 8.78 Å². The van der Waals surface area contributed by atoms with Crippen LogP contribution in [0.4, 0.5) is 14.5 Å². The molecule has 2 nitrogen and oxygen atoms in total. The third-order valence-electron chi connectivity index (χ3n) is 2.59. The molecule has 2 rings (SSSR count). The van der Waals surface area contributed by atoms with Crippen molar-refractivity contribution in [1.82, 2.24) is 5.32 Å². The first kappa shape index (κ1) is 10.4. The Labute approximate surface area is 87.7 Å². The van der Waals surface area contributed by atoms with Gasteiger partial charge in [-0.2, -0.15) is 0 Å². The maximum Gasteiger partial charge on any atom is 0.160 e. The van der Waals surface area contributed by atoms with Crippen LogP contribution >= 0.6 is 0 Å². The molecule has 1 aromatic carbocycles. The van der Waals surface area contributed by atoms with E-state index in [-0.39, 0.29) is 0 Å². The van der Waals surface area contributed by atoms with Gasteiger partial charge in [-0.3, -0.25) is 0 Å². The fraction of sp³-hybridized carbons (Fsp3) is 0.455. The van der Waals surface area contributed by atoms with Crippen LogP contribution in [0.1, 0.15) is 12.8 Å². The predicted molar refractivity (Wildman–Crippen MR) is 55.9 cm³/mol. The topological polar surface area (TPSA) is 24.1 Å². The van der Waals surface area contributed by atoms with E-state index in [2.05, 4.69) is 10.6 Å². The van der Waals surface area contributed by atoms with Crippen molar-refractivity contribution in [3.8, 4) is 0 Å². The van der Waals surface area contributed by atoms with E-state index in [1.807, 2.05) is 0 Å². The van der Waals surface area contributed by atoms with Crippen molar-refractivity contribution in [2.24, 2.45) is 0 Å². The number of halogens is 2. The van der Waals surface area contributed by atoms with Gasteiger partial charge >= 0.3 is 0 Å². The van der Waals surface area contributed by atoms with E-state index >= 15 is 0 Å². The Kier molecular flexibility index (Phi) is 3.16. The summed E-state index contributed by atoms with van der Waals surface area (Å²) in [6.07, 6.45) is 2.17. The van der Waals surface area contributed by atoms with Gasteiger partial charge in [0.25, 0.3) is 0 Å². The third-order valence-corrected chi connectivity index (χ3v) is 2.59. The highest BCUT2D eigenvalue weighted by Gasteiger charge is 2.12. The first-order chi connectivity index (χ1) is 7.25. The average Bonchev–Trinajstić information content (AvgIpc) is 2.25. The number of nitrogens with one attached hydrogen (secondary N) is 2. The minimum absolute atomic E-state index is 0.309. The average molecular weight is 212 g/mol. The quantitative estimate of drug-likeness (QED) is 0.784. The smallest absolute Gasteiger partial charge is 0.160 e. The summed E-state index contributed by atoms with van der Waals surface area (Å²) in [6.45, 7) is 1.91. The maximum absolute atomic E-state index is 12.9. The highest BCUT2D eigenvalue weighted by molar-refractivity contribution is 5.44. The van der Waals surface area contributed by atoms with Gasteiger partial charge in [-0.05, 0) is 31.5 Å². The second-order valence-corrected chi connectivity index (χ2v) is 3.82. The van der Waals surface area contributed by atoms with Crippen molar-refractivity contribution in [3.63, 3.8) is 0 Å². The Morgan fingerprint density at radius 2 is 2.13 bits per heavy atom. The summed E-state index contributed by atoms with van der Waals surface area (Å²) >= 11 is 0. The van der Waals surface area contributed by atoms with Crippen molar-refractivity contribution in [3.05, 3.63) is 29.8 Å². The van der Waals surface area contributed by atoms with Gasteiger partial charge in [0.15, 0.2) is 11.6 Å². The zero-order valence-corrected chi connectivity index (χ0v) is 8.39. The molecule has 1 fully saturated rings. The Morgan fingerprint density at radius 1 is 1.27 bits per heavy atom. The molecule has 0 bridgehead atoms. The van der Waals surface area contributed by atoms with Crippen LogP contribution in [-0.4, -0.2) is 19.1 Å². The van der Waals surface area contributed by atoms with Crippen molar-refractivity contribution < 1.29 is 8.78 Å². The molecule has 1 saturated heterocycles. The summed E-state index contributed by atoms with van der Waals surface area (Å²) in [5.74, 6) is -1.61. The van der Waals surface area contributed by atoms with E-state index in [9.17, 15) is 8.78 Å². The molecule has 0 saturated carbocycles. The van der Waals surface area contributed by atoms with Crippen LogP contribution in [0, 0.1) is 11.6 Å². The molecular formula is C11H14F2N2. The molecule has 0 radical (unpaired) electrons. The highest BCUT2D eigenvalue weighted by Crippen LogP contribution is 2.15. The lowest BCUT2D eigenvalue weighted by atomic mass is 10.1. The molecule has 1 aliphatic heterocycles. The molecule has 0 aromatic heterocycles. The normalized spacial score (nSPS) is 21.3. The molecule has 0 spiro atoms. The van der Waals surface area contributed by atoms with Crippen molar-refractivity contribution in [2.45, 2.75) is 18.9 Å². The van der Waals surface area contributed by atoms with E-state index in [1.165, 1.54) is 6.07 Å². The number of piperidine rings is 1. The summed E-state index contributed by atoms with van der Waals surface area (Å²) < 4.78 is 25.6. The Balaban J connectivity index is 2.00. The maximum atomic E-state index is 12.9. The number of anilines is 1. The first-order valence-electron chi connectivity index (χ1n) is 5.18. The Hall–Kier alpha value is -1.16. The molecule has 4 heteroatoms. The SMILES string of the molecule is Fc1ccc(NC2CCCNC2)cc1F. The summed E-state index contributed by atoms with van der Waals surface area (Å²) in [4.78, 5) is 0. The Bertz CT molecular complexity index is 335. The largest absolute Gasteiger partial charge is 0.381 e. The lowest BCUT2D eigenvalue weighted by Gasteiger charge is -2.24.